The third kappa shape index (κ3) is 2.66. The Bertz CT molecular complexity index is 347. The summed E-state index contributed by atoms with van der Waals surface area (Å²) in [7, 11) is 0. The summed E-state index contributed by atoms with van der Waals surface area (Å²) in [6, 6.07) is 0. The molecule has 0 saturated carbocycles. The summed E-state index contributed by atoms with van der Waals surface area (Å²) < 4.78 is 0. The normalized spacial score (nSPS) is 16.7. The number of nitrogens with zero attached hydrogens (tertiary/aromatic N) is 2. The maximum absolute atomic E-state index is 11.7. The van der Waals surface area contributed by atoms with E-state index in [1.165, 1.54) is 16.4 Å². The Morgan fingerprint density at radius 1 is 1.67 bits per heavy atom. The summed E-state index contributed by atoms with van der Waals surface area (Å²) in [6.07, 6.45) is 2.30. The van der Waals surface area contributed by atoms with Crippen molar-refractivity contribution >= 4 is 22.4 Å². The van der Waals surface area contributed by atoms with Crippen LogP contribution < -0.4 is 5.73 Å². The van der Waals surface area contributed by atoms with Gasteiger partial charge in [0.15, 0.2) is 5.13 Å². The fourth-order valence-electron chi connectivity index (χ4n) is 1.44. The van der Waals surface area contributed by atoms with Gasteiger partial charge in [0.25, 0.3) is 5.91 Å². The minimum absolute atomic E-state index is 0.0417. The summed E-state index contributed by atoms with van der Waals surface area (Å²) in [6.45, 7) is 1.31. The Balaban J connectivity index is 1.91. The molecule has 0 radical (unpaired) electrons. The number of amides is 1. The van der Waals surface area contributed by atoms with Gasteiger partial charge in [-0.3, -0.25) is 9.63 Å². The van der Waals surface area contributed by atoms with E-state index in [0.717, 1.165) is 18.5 Å². The average Bonchev–Trinajstić information content (AvgIpc) is 2.65. The first kappa shape index (κ1) is 10.4. The number of carbonyl (C=O) groups is 1. The summed E-state index contributed by atoms with van der Waals surface area (Å²) in [4.78, 5) is 21.0. The summed E-state index contributed by atoms with van der Waals surface area (Å²) >= 11 is 1.35. The highest BCUT2D eigenvalue weighted by Gasteiger charge is 2.18. The van der Waals surface area contributed by atoms with Crippen LogP contribution in [0, 0.1) is 0 Å². The molecule has 82 valence electrons. The van der Waals surface area contributed by atoms with Crippen LogP contribution in [-0.4, -0.2) is 29.1 Å². The van der Waals surface area contributed by atoms with Crippen LogP contribution in [0.2, 0.25) is 0 Å². The Hall–Kier alpha value is -1.14. The van der Waals surface area contributed by atoms with Crippen LogP contribution in [0.1, 0.15) is 18.5 Å². The number of thiazole rings is 1. The first-order valence-electron chi connectivity index (χ1n) is 4.89. The molecule has 2 rings (SSSR count). The van der Waals surface area contributed by atoms with Crippen LogP contribution in [-0.2, 0) is 16.1 Å². The Labute approximate surface area is 91.8 Å². The summed E-state index contributed by atoms with van der Waals surface area (Å²) in [5.41, 5.74) is 6.20. The lowest BCUT2D eigenvalue weighted by atomic mass is 10.2. The smallest absolute Gasteiger partial charge is 0.252 e. The topological polar surface area (TPSA) is 68.5 Å². The average molecular weight is 227 g/mol. The molecule has 0 atom stereocenters. The molecule has 0 spiro atoms. The summed E-state index contributed by atoms with van der Waals surface area (Å²) in [5.74, 6) is -0.0417. The molecule has 2 N–H and O–H groups in total. The number of carbonyl (C=O) groups excluding carboxylic acids is 1. The van der Waals surface area contributed by atoms with E-state index < -0.39 is 0 Å². The zero-order valence-electron chi connectivity index (χ0n) is 8.31. The molecular formula is C9H13N3O2S. The van der Waals surface area contributed by atoms with Crippen LogP contribution >= 0.6 is 11.3 Å². The largest absolute Gasteiger partial charge is 0.375 e. The molecule has 0 unspecified atom stereocenters. The highest BCUT2D eigenvalue weighted by Crippen LogP contribution is 2.13. The summed E-state index contributed by atoms with van der Waals surface area (Å²) in [5, 5.41) is 3.73. The van der Waals surface area contributed by atoms with E-state index in [1.807, 2.05) is 0 Å². The molecule has 1 aromatic heterocycles. The van der Waals surface area contributed by atoms with Crippen molar-refractivity contribution in [1.29, 1.82) is 0 Å². The quantitative estimate of drug-likeness (QED) is 0.812. The molecule has 6 heteroatoms. The fraction of sp³-hybridized carbons (Fsp3) is 0.556. The molecule has 0 aliphatic carbocycles. The van der Waals surface area contributed by atoms with Crippen LogP contribution in [0.4, 0.5) is 5.13 Å². The molecular weight excluding hydrogens is 214 g/mol. The van der Waals surface area contributed by atoms with E-state index in [9.17, 15) is 4.79 Å². The van der Waals surface area contributed by atoms with Gasteiger partial charge in [-0.05, 0) is 12.8 Å². The van der Waals surface area contributed by atoms with Gasteiger partial charge in [0.05, 0.1) is 18.7 Å². The fourth-order valence-corrected chi connectivity index (χ4v) is 2.00. The number of rotatable bonds is 2. The van der Waals surface area contributed by atoms with E-state index in [0.29, 0.717) is 18.3 Å². The minimum atomic E-state index is -0.0417. The molecule has 1 fully saturated rings. The van der Waals surface area contributed by atoms with Crippen LogP contribution in [0.3, 0.4) is 0 Å². The second-order valence-corrected chi connectivity index (χ2v) is 4.28. The van der Waals surface area contributed by atoms with Gasteiger partial charge in [-0.25, -0.2) is 10.0 Å². The predicted molar refractivity (Wildman–Crippen MR) is 57.1 cm³/mol. The van der Waals surface area contributed by atoms with Crippen molar-refractivity contribution in [1.82, 2.24) is 10.0 Å². The first-order valence-corrected chi connectivity index (χ1v) is 5.77. The van der Waals surface area contributed by atoms with E-state index in [-0.39, 0.29) is 12.3 Å². The number of hydrogen-bond donors (Lipinski definition) is 1. The Morgan fingerprint density at radius 3 is 3.13 bits per heavy atom. The molecule has 1 aliphatic heterocycles. The third-order valence-electron chi connectivity index (χ3n) is 2.18. The van der Waals surface area contributed by atoms with E-state index in [1.54, 1.807) is 5.38 Å². The lowest BCUT2D eigenvalue weighted by Crippen LogP contribution is -2.36. The van der Waals surface area contributed by atoms with Crippen molar-refractivity contribution in [2.75, 3.05) is 18.9 Å². The van der Waals surface area contributed by atoms with E-state index in [4.69, 9.17) is 10.6 Å². The van der Waals surface area contributed by atoms with Crippen LogP contribution in [0.25, 0.3) is 0 Å². The molecule has 5 nitrogen and oxygen atoms in total. The Kier molecular flexibility index (Phi) is 3.17. The zero-order valence-corrected chi connectivity index (χ0v) is 9.13. The molecule has 1 saturated heterocycles. The number of aromatic nitrogens is 1. The van der Waals surface area contributed by atoms with Gasteiger partial charge in [0.2, 0.25) is 0 Å². The maximum Gasteiger partial charge on any atom is 0.252 e. The van der Waals surface area contributed by atoms with Gasteiger partial charge < -0.3 is 5.73 Å². The first-order chi connectivity index (χ1) is 7.25. The number of anilines is 1. The SMILES string of the molecule is Nc1nc(CC(=O)N2CCCCO2)cs1. The third-order valence-corrected chi connectivity index (χ3v) is 2.91. The van der Waals surface area contributed by atoms with Crippen molar-refractivity contribution in [3.05, 3.63) is 11.1 Å². The molecule has 1 aromatic rings. The van der Waals surface area contributed by atoms with Crippen molar-refractivity contribution in [2.45, 2.75) is 19.3 Å². The molecule has 15 heavy (non-hydrogen) atoms. The number of hydrogen-bond acceptors (Lipinski definition) is 5. The van der Waals surface area contributed by atoms with Crippen LogP contribution in [0.5, 0.6) is 0 Å². The van der Waals surface area contributed by atoms with Crippen molar-refractivity contribution < 1.29 is 9.63 Å². The minimum Gasteiger partial charge on any atom is -0.375 e. The zero-order chi connectivity index (χ0) is 10.7. The maximum atomic E-state index is 11.7. The standard InChI is InChI=1S/C9H13N3O2S/c10-9-11-7(6-15-9)5-8(13)12-3-1-2-4-14-12/h6H,1-5H2,(H2,10,11). The number of nitrogens with two attached hydrogens (primary N) is 1. The van der Waals surface area contributed by atoms with E-state index in [2.05, 4.69) is 4.98 Å². The van der Waals surface area contributed by atoms with Gasteiger partial charge in [0.1, 0.15) is 0 Å². The lowest BCUT2D eigenvalue weighted by molar-refractivity contribution is -0.196. The highest BCUT2D eigenvalue weighted by molar-refractivity contribution is 7.13. The lowest BCUT2D eigenvalue weighted by Gasteiger charge is -2.25. The van der Waals surface area contributed by atoms with Gasteiger partial charge in [-0.1, -0.05) is 0 Å². The molecule has 2 heterocycles. The monoisotopic (exact) mass is 227 g/mol. The van der Waals surface area contributed by atoms with Gasteiger partial charge in [0, 0.05) is 11.9 Å². The molecule has 1 amide bonds. The van der Waals surface area contributed by atoms with Gasteiger partial charge in [-0.15, -0.1) is 11.3 Å². The predicted octanol–water partition coefficient (Wildman–Crippen LogP) is 0.822. The molecule has 0 bridgehead atoms. The second-order valence-electron chi connectivity index (χ2n) is 3.39. The highest BCUT2D eigenvalue weighted by atomic mass is 32.1. The van der Waals surface area contributed by atoms with Gasteiger partial charge >= 0.3 is 0 Å². The number of nitrogen functional groups attached to an aromatic ring is 1. The van der Waals surface area contributed by atoms with Crippen molar-refractivity contribution in [3.8, 4) is 0 Å². The number of hydroxylamine groups is 2. The molecule has 0 aromatic carbocycles. The van der Waals surface area contributed by atoms with E-state index >= 15 is 0 Å². The van der Waals surface area contributed by atoms with Crippen molar-refractivity contribution in [3.63, 3.8) is 0 Å². The van der Waals surface area contributed by atoms with Crippen LogP contribution in [0.15, 0.2) is 5.38 Å². The van der Waals surface area contributed by atoms with Gasteiger partial charge in [-0.2, -0.15) is 0 Å². The van der Waals surface area contributed by atoms with Crippen molar-refractivity contribution in [2.24, 2.45) is 0 Å². The molecule has 1 aliphatic rings. The second kappa shape index (κ2) is 4.59. The Morgan fingerprint density at radius 2 is 2.53 bits per heavy atom.